The van der Waals surface area contributed by atoms with Crippen molar-refractivity contribution in [2.75, 3.05) is 32.7 Å². The Bertz CT molecular complexity index is 1120. The van der Waals surface area contributed by atoms with E-state index in [9.17, 15) is 9.18 Å². The molecule has 0 bridgehead atoms. The molecule has 0 aliphatic carbocycles. The first-order valence-corrected chi connectivity index (χ1v) is 10.1. The second-order valence-electron chi connectivity index (χ2n) is 7.15. The van der Waals surface area contributed by atoms with Crippen LogP contribution in [0.4, 0.5) is 15.8 Å². The van der Waals surface area contributed by atoms with Crippen molar-refractivity contribution in [1.82, 2.24) is 15.3 Å². The van der Waals surface area contributed by atoms with Gasteiger partial charge in [0.2, 0.25) is 0 Å². The van der Waals surface area contributed by atoms with Crippen molar-refractivity contribution < 1.29 is 18.7 Å². The first-order valence-electron chi connectivity index (χ1n) is 9.77. The molecule has 2 aromatic heterocycles. The average Bonchev–Trinajstić information content (AvgIpc) is 3.14. The number of halogens is 2. The lowest BCUT2D eigenvalue weighted by Gasteiger charge is -2.23. The van der Waals surface area contributed by atoms with Crippen LogP contribution in [-0.4, -0.2) is 43.2 Å². The van der Waals surface area contributed by atoms with Gasteiger partial charge in [-0.1, -0.05) is 17.7 Å². The van der Waals surface area contributed by atoms with Crippen LogP contribution in [0.3, 0.4) is 0 Å². The number of nitrogens with one attached hydrogen (secondary N) is 3. The quantitative estimate of drug-likeness (QED) is 0.500. The van der Waals surface area contributed by atoms with Gasteiger partial charge in [-0.25, -0.2) is 4.39 Å². The summed E-state index contributed by atoms with van der Waals surface area (Å²) in [5.41, 5.74) is 3.41. The lowest BCUT2D eigenvalue weighted by Crippen LogP contribution is -2.35. The van der Waals surface area contributed by atoms with Gasteiger partial charge in [0.05, 0.1) is 34.8 Å². The highest BCUT2D eigenvalue weighted by molar-refractivity contribution is 6.33. The van der Waals surface area contributed by atoms with Crippen molar-refractivity contribution >= 4 is 28.9 Å². The molecule has 1 unspecified atom stereocenters. The van der Waals surface area contributed by atoms with Gasteiger partial charge in [0.15, 0.2) is 11.6 Å². The Morgan fingerprint density at radius 1 is 1.32 bits per heavy atom. The van der Waals surface area contributed by atoms with Crippen LogP contribution < -0.4 is 15.4 Å². The number of rotatable bonds is 7. The van der Waals surface area contributed by atoms with E-state index < -0.39 is 5.82 Å². The number of pyridine rings is 1. The fourth-order valence-corrected chi connectivity index (χ4v) is 4.04. The molecule has 0 spiro atoms. The van der Waals surface area contributed by atoms with Crippen LogP contribution >= 0.6 is 11.6 Å². The number of carbonyl (C=O) groups excluding carboxylic acids is 1. The van der Waals surface area contributed by atoms with Crippen LogP contribution in [0.25, 0.3) is 11.3 Å². The van der Waals surface area contributed by atoms with E-state index in [0.717, 1.165) is 12.1 Å². The maximum Gasteiger partial charge on any atom is 0.255 e. The number of anilines is 2. The molecule has 3 aromatic rings. The first kappa shape index (κ1) is 21.1. The number of nitrogens with zero attached hydrogens (tertiary/aromatic N) is 1. The summed E-state index contributed by atoms with van der Waals surface area (Å²) in [5.74, 6) is -0.662. The molecule has 1 atom stereocenters. The summed E-state index contributed by atoms with van der Waals surface area (Å²) >= 11 is 6.42. The zero-order valence-corrected chi connectivity index (χ0v) is 17.8. The maximum absolute atomic E-state index is 14.3. The molecule has 31 heavy (non-hydrogen) atoms. The zero-order valence-electron chi connectivity index (χ0n) is 17.1. The molecule has 3 N–H and O–H groups in total. The molecular formula is C22H22ClFN4O3. The van der Waals surface area contributed by atoms with Gasteiger partial charge in [-0.05, 0) is 24.6 Å². The van der Waals surface area contributed by atoms with Crippen LogP contribution in [0, 0.1) is 5.82 Å². The summed E-state index contributed by atoms with van der Waals surface area (Å²) in [6, 6.07) is 6.32. The van der Waals surface area contributed by atoms with Gasteiger partial charge in [0, 0.05) is 49.8 Å². The number of ether oxygens (including phenoxy) is 2. The number of aromatic amines is 1. The van der Waals surface area contributed by atoms with Crippen LogP contribution in [0.1, 0.15) is 28.4 Å². The second kappa shape index (κ2) is 8.95. The molecule has 4 rings (SSSR count). The van der Waals surface area contributed by atoms with Crippen molar-refractivity contribution in [2.45, 2.75) is 12.3 Å². The van der Waals surface area contributed by atoms with Crippen molar-refractivity contribution in [1.29, 1.82) is 0 Å². The van der Waals surface area contributed by atoms with E-state index in [0.29, 0.717) is 46.4 Å². The summed E-state index contributed by atoms with van der Waals surface area (Å²) < 4.78 is 24.8. The minimum absolute atomic E-state index is 0.0250. The van der Waals surface area contributed by atoms with E-state index in [1.165, 1.54) is 19.4 Å². The van der Waals surface area contributed by atoms with Gasteiger partial charge >= 0.3 is 0 Å². The molecule has 3 heterocycles. The Labute approximate surface area is 183 Å². The smallest absolute Gasteiger partial charge is 0.255 e. The number of amides is 1. The van der Waals surface area contributed by atoms with Crippen molar-refractivity contribution in [3.8, 4) is 17.0 Å². The van der Waals surface area contributed by atoms with E-state index in [4.69, 9.17) is 21.1 Å². The van der Waals surface area contributed by atoms with Gasteiger partial charge in [-0.3, -0.25) is 9.78 Å². The minimum atomic E-state index is -0.511. The molecule has 7 nitrogen and oxygen atoms in total. The van der Waals surface area contributed by atoms with Crippen LogP contribution in [0.2, 0.25) is 5.02 Å². The number of aromatic nitrogens is 2. The molecule has 1 aliphatic heterocycles. The van der Waals surface area contributed by atoms with Gasteiger partial charge in [0.25, 0.3) is 5.91 Å². The van der Waals surface area contributed by atoms with Gasteiger partial charge < -0.3 is 25.1 Å². The predicted octanol–water partition coefficient (Wildman–Crippen LogP) is 4.48. The number of methoxy groups -OCH3 is 2. The number of para-hydroxylation sites is 1. The van der Waals surface area contributed by atoms with Crippen molar-refractivity contribution in [3.05, 3.63) is 58.8 Å². The Balaban J connectivity index is 1.90. The Morgan fingerprint density at radius 2 is 2.16 bits per heavy atom. The lowest BCUT2D eigenvalue weighted by atomic mass is 9.94. The second-order valence-corrected chi connectivity index (χ2v) is 7.56. The van der Waals surface area contributed by atoms with Crippen LogP contribution in [0.15, 0.2) is 36.7 Å². The zero-order chi connectivity index (χ0) is 22.0. The molecule has 0 saturated carbocycles. The SMILES string of the molecule is COCCC1CNC(=O)c2c1[nH]c(-c1ccncc1Cl)c2Nc1cccc(F)c1OC. The molecule has 0 fully saturated rings. The number of benzene rings is 1. The molecule has 1 aliphatic rings. The average molecular weight is 445 g/mol. The summed E-state index contributed by atoms with van der Waals surface area (Å²) in [6.07, 6.45) is 3.87. The number of H-pyrrole nitrogens is 1. The Morgan fingerprint density at radius 3 is 2.90 bits per heavy atom. The van der Waals surface area contributed by atoms with E-state index in [-0.39, 0.29) is 17.6 Å². The number of carbonyl (C=O) groups is 1. The lowest BCUT2D eigenvalue weighted by molar-refractivity contribution is 0.0935. The molecule has 1 amide bonds. The van der Waals surface area contributed by atoms with Gasteiger partial charge in [-0.2, -0.15) is 0 Å². The van der Waals surface area contributed by atoms with Crippen LogP contribution in [-0.2, 0) is 4.74 Å². The summed E-state index contributed by atoms with van der Waals surface area (Å²) in [6.45, 7) is 1.03. The predicted molar refractivity (Wildman–Crippen MR) is 117 cm³/mol. The Kier molecular flexibility index (Phi) is 6.11. The minimum Gasteiger partial charge on any atom is -0.492 e. The van der Waals surface area contributed by atoms with Gasteiger partial charge in [-0.15, -0.1) is 0 Å². The molecule has 162 valence electrons. The van der Waals surface area contributed by atoms with Crippen LogP contribution in [0.5, 0.6) is 5.75 Å². The summed E-state index contributed by atoms with van der Waals surface area (Å²) in [5, 5.41) is 6.56. The molecular weight excluding hydrogens is 423 g/mol. The number of fused-ring (bicyclic) bond motifs is 1. The highest BCUT2D eigenvalue weighted by atomic mass is 35.5. The molecule has 0 saturated heterocycles. The Hall–Kier alpha value is -3.10. The summed E-state index contributed by atoms with van der Waals surface area (Å²) in [4.78, 5) is 20.4. The van der Waals surface area contributed by atoms with Crippen molar-refractivity contribution in [2.24, 2.45) is 0 Å². The third-order valence-corrected chi connectivity index (χ3v) is 5.62. The molecule has 1 aromatic carbocycles. The fraction of sp³-hybridized carbons (Fsp3) is 0.273. The standard InChI is InChI=1S/C22H22ClFN4O3/c1-30-9-7-12-10-26-22(29)17-18(12)28-19(13-6-8-25-11-14(13)23)20(17)27-16-5-3-4-15(24)21(16)31-2/h3-6,8,11-12,27-28H,7,9-10H2,1-2H3,(H,26,29). The maximum atomic E-state index is 14.3. The fourth-order valence-electron chi connectivity index (χ4n) is 3.83. The topological polar surface area (TPSA) is 88.3 Å². The van der Waals surface area contributed by atoms with E-state index in [1.54, 1.807) is 31.5 Å². The summed E-state index contributed by atoms with van der Waals surface area (Å²) in [7, 11) is 3.03. The number of hydrogen-bond acceptors (Lipinski definition) is 5. The third-order valence-electron chi connectivity index (χ3n) is 5.32. The highest BCUT2D eigenvalue weighted by Crippen LogP contribution is 2.43. The normalized spacial score (nSPS) is 15.4. The monoisotopic (exact) mass is 444 g/mol. The van der Waals surface area contributed by atoms with E-state index in [1.807, 2.05) is 0 Å². The number of hydrogen-bond donors (Lipinski definition) is 3. The highest BCUT2D eigenvalue weighted by Gasteiger charge is 2.33. The third kappa shape index (κ3) is 3.96. The first-order chi connectivity index (χ1) is 15.0. The van der Waals surface area contributed by atoms with Gasteiger partial charge in [0.1, 0.15) is 0 Å². The molecule has 9 heteroatoms. The van der Waals surface area contributed by atoms with Crippen molar-refractivity contribution in [3.63, 3.8) is 0 Å². The van der Waals surface area contributed by atoms with E-state index >= 15 is 0 Å². The molecule has 0 radical (unpaired) electrons. The van der Waals surface area contributed by atoms with E-state index in [2.05, 4.69) is 20.6 Å². The largest absolute Gasteiger partial charge is 0.492 e.